The Hall–Kier alpha value is -1.46. The van der Waals surface area contributed by atoms with Crippen molar-refractivity contribution in [3.63, 3.8) is 0 Å². The van der Waals surface area contributed by atoms with E-state index in [1.54, 1.807) is 6.92 Å². The Morgan fingerprint density at radius 3 is 2.69 bits per heavy atom. The lowest BCUT2D eigenvalue weighted by molar-refractivity contribution is -0.184. The van der Waals surface area contributed by atoms with Gasteiger partial charge in [0, 0.05) is 24.7 Å². The van der Waals surface area contributed by atoms with Crippen molar-refractivity contribution < 1.29 is 24.5 Å². The number of Topliss-reactive ketones (excluding diaryl/α,β-unsaturated/α-hetero) is 1. The first-order valence-corrected chi connectivity index (χ1v) is 9.87. The van der Waals surface area contributed by atoms with Gasteiger partial charge in [0.2, 0.25) is 0 Å². The van der Waals surface area contributed by atoms with Crippen LogP contribution in [0.3, 0.4) is 0 Å². The van der Waals surface area contributed by atoms with Crippen molar-refractivity contribution in [3.05, 3.63) is 23.8 Å². The molecule has 1 aliphatic heterocycles. The highest BCUT2D eigenvalue weighted by molar-refractivity contribution is 5.84. The number of ketones is 1. The van der Waals surface area contributed by atoms with Crippen LogP contribution in [0.25, 0.3) is 0 Å². The van der Waals surface area contributed by atoms with Crippen molar-refractivity contribution in [1.29, 1.82) is 0 Å². The molecule has 2 N–H and O–H groups in total. The Balaban J connectivity index is 1.91. The van der Waals surface area contributed by atoms with Crippen LogP contribution in [0.4, 0.5) is 0 Å². The average Bonchev–Trinajstić information content (AvgIpc) is 2.97. The minimum atomic E-state index is -1.39. The highest BCUT2D eigenvalue weighted by atomic mass is 16.6. The maximum absolute atomic E-state index is 11.9. The topological polar surface area (TPSA) is 83.8 Å². The molecule has 1 heterocycles. The zero-order valence-electron chi connectivity index (χ0n) is 15.9. The van der Waals surface area contributed by atoms with E-state index in [9.17, 15) is 19.8 Å². The van der Waals surface area contributed by atoms with Gasteiger partial charge in [0.25, 0.3) is 0 Å². The molecule has 2 aliphatic rings. The third-order valence-electron chi connectivity index (χ3n) is 5.54. The second-order valence-corrected chi connectivity index (χ2v) is 7.59. The van der Waals surface area contributed by atoms with Crippen LogP contribution >= 0.6 is 0 Å². The molecule has 1 aliphatic carbocycles. The van der Waals surface area contributed by atoms with E-state index < -0.39 is 30.2 Å². The fourth-order valence-electron chi connectivity index (χ4n) is 3.97. The fraction of sp³-hybridized carbons (Fsp3) is 0.714. The minimum absolute atomic E-state index is 0.0173. The van der Waals surface area contributed by atoms with Crippen molar-refractivity contribution in [3.8, 4) is 0 Å². The molecule has 5 atom stereocenters. The zero-order chi connectivity index (χ0) is 19.1. The molecule has 0 bridgehead atoms. The maximum atomic E-state index is 11.9. The standard InChI is InChI=1S/C21H32O5/c1-3-4-5-6-7-8-9-10-11-14(2)19(23)18-16-12-15(22)13-17(16)26-21(25)20(18)24/h9-11,16-20,23-24H,3-8,12-13H2,1-2H3/b10-9+,14-11+/t16-,17-,18-,19-,20+/m0/s1. The summed E-state index contributed by atoms with van der Waals surface area (Å²) in [6, 6.07) is 0. The van der Waals surface area contributed by atoms with Crippen LogP contribution in [0.1, 0.15) is 65.2 Å². The van der Waals surface area contributed by atoms with Crippen LogP contribution in [-0.4, -0.2) is 40.3 Å². The van der Waals surface area contributed by atoms with Gasteiger partial charge in [-0.1, -0.05) is 50.8 Å². The third-order valence-corrected chi connectivity index (χ3v) is 5.54. The van der Waals surface area contributed by atoms with Gasteiger partial charge in [-0.2, -0.15) is 0 Å². The van der Waals surface area contributed by atoms with E-state index in [0.29, 0.717) is 5.57 Å². The quantitative estimate of drug-likeness (QED) is 0.373. The van der Waals surface area contributed by atoms with E-state index >= 15 is 0 Å². The number of carbonyl (C=O) groups excluding carboxylic acids is 2. The number of ether oxygens (including phenoxy) is 1. The molecule has 0 unspecified atom stereocenters. The number of allylic oxidation sites excluding steroid dienone is 3. The monoisotopic (exact) mass is 364 g/mol. The predicted molar refractivity (Wildman–Crippen MR) is 99.4 cm³/mol. The lowest BCUT2D eigenvalue weighted by Gasteiger charge is -2.38. The SMILES string of the molecule is CCCCCCC/C=C/C=C(\C)[C@H](O)[C@@H]1[C@H]2CC(=O)C[C@@H]2OC(=O)[C@@H]1O. The average molecular weight is 364 g/mol. The van der Waals surface area contributed by atoms with E-state index in [1.165, 1.54) is 25.7 Å². The van der Waals surface area contributed by atoms with Crippen molar-refractivity contribution in [2.45, 2.75) is 83.5 Å². The number of hydrogen-bond acceptors (Lipinski definition) is 5. The van der Waals surface area contributed by atoms with Crippen LogP contribution in [0.2, 0.25) is 0 Å². The Bertz CT molecular complexity index is 551. The Morgan fingerprint density at radius 2 is 1.96 bits per heavy atom. The van der Waals surface area contributed by atoms with Crippen LogP contribution in [0.15, 0.2) is 23.8 Å². The van der Waals surface area contributed by atoms with Gasteiger partial charge < -0.3 is 14.9 Å². The molecule has 1 saturated heterocycles. The molecule has 0 radical (unpaired) electrons. The number of esters is 1. The number of fused-ring (bicyclic) bond motifs is 1. The largest absolute Gasteiger partial charge is 0.460 e. The van der Waals surface area contributed by atoms with Gasteiger partial charge >= 0.3 is 5.97 Å². The van der Waals surface area contributed by atoms with E-state index in [0.717, 1.165) is 12.8 Å². The van der Waals surface area contributed by atoms with Gasteiger partial charge in [-0.3, -0.25) is 4.79 Å². The van der Waals surface area contributed by atoms with Crippen molar-refractivity contribution in [2.75, 3.05) is 0 Å². The van der Waals surface area contributed by atoms with E-state index in [4.69, 9.17) is 4.74 Å². The van der Waals surface area contributed by atoms with Gasteiger partial charge in [0.1, 0.15) is 11.9 Å². The normalized spacial score (nSPS) is 30.5. The molecule has 5 heteroatoms. The summed E-state index contributed by atoms with van der Waals surface area (Å²) in [6.07, 6.45) is 10.6. The van der Waals surface area contributed by atoms with Gasteiger partial charge in [0.15, 0.2) is 6.10 Å². The minimum Gasteiger partial charge on any atom is -0.460 e. The van der Waals surface area contributed by atoms with E-state index in [-0.39, 0.29) is 24.5 Å². The van der Waals surface area contributed by atoms with E-state index in [2.05, 4.69) is 13.0 Å². The first-order valence-electron chi connectivity index (χ1n) is 9.87. The molecule has 2 fully saturated rings. The lowest BCUT2D eigenvalue weighted by Crippen LogP contribution is -2.51. The summed E-state index contributed by atoms with van der Waals surface area (Å²) < 4.78 is 5.15. The number of hydrogen-bond donors (Lipinski definition) is 2. The van der Waals surface area contributed by atoms with E-state index in [1.807, 2.05) is 12.2 Å². The zero-order valence-corrected chi connectivity index (χ0v) is 15.9. The molecule has 26 heavy (non-hydrogen) atoms. The smallest absolute Gasteiger partial charge is 0.335 e. The highest BCUT2D eigenvalue weighted by Crippen LogP contribution is 2.41. The summed E-state index contributed by atoms with van der Waals surface area (Å²) >= 11 is 0. The third kappa shape index (κ3) is 5.27. The summed E-state index contributed by atoms with van der Waals surface area (Å²) in [7, 11) is 0. The molecule has 5 nitrogen and oxygen atoms in total. The Morgan fingerprint density at radius 1 is 1.23 bits per heavy atom. The van der Waals surface area contributed by atoms with Crippen molar-refractivity contribution >= 4 is 11.8 Å². The highest BCUT2D eigenvalue weighted by Gasteiger charge is 2.52. The van der Waals surface area contributed by atoms with Gasteiger partial charge in [0.05, 0.1) is 6.10 Å². The first kappa shape index (κ1) is 20.8. The number of rotatable bonds is 9. The molecular formula is C21H32O5. The van der Waals surface area contributed by atoms with Crippen molar-refractivity contribution in [2.24, 2.45) is 11.8 Å². The van der Waals surface area contributed by atoms with Gasteiger partial charge in [-0.15, -0.1) is 0 Å². The molecule has 0 aromatic heterocycles. The van der Waals surface area contributed by atoms with Crippen LogP contribution in [0.5, 0.6) is 0 Å². The lowest BCUT2D eigenvalue weighted by atomic mass is 9.77. The first-order chi connectivity index (χ1) is 12.5. The predicted octanol–water partition coefficient (Wildman–Crippen LogP) is 3.09. The van der Waals surface area contributed by atoms with Crippen molar-refractivity contribution in [1.82, 2.24) is 0 Å². The fourth-order valence-corrected chi connectivity index (χ4v) is 3.97. The second-order valence-electron chi connectivity index (χ2n) is 7.59. The molecule has 0 aromatic rings. The molecule has 1 saturated carbocycles. The van der Waals surface area contributed by atoms with Gasteiger partial charge in [-0.25, -0.2) is 4.79 Å². The number of aliphatic hydroxyl groups is 2. The number of aliphatic hydroxyl groups excluding tert-OH is 2. The van der Waals surface area contributed by atoms with Crippen LogP contribution in [0, 0.1) is 11.8 Å². The maximum Gasteiger partial charge on any atom is 0.335 e. The Labute approximate surface area is 156 Å². The molecule has 0 amide bonds. The summed E-state index contributed by atoms with van der Waals surface area (Å²) in [4.78, 5) is 23.6. The summed E-state index contributed by atoms with van der Waals surface area (Å²) in [5.41, 5.74) is 0.684. The summed E-state index contributed by atoms with van der Waals surface area (Å²) in [5.74, 6) is -1.72. The number of carbonyl (C=O) groups is 2. The molecule has 0 spiro atoms. The molecule has 2 rings (SSSR count). The second kappa shape index (κ2) is 10.0. The van der Waals surface area contributed by atoms with Crippen LogP contribution < -0.4 is 0 Å². The molecule has 0 aromatic carbocycles. The Kier molecular flexibility index (Phi) is 8.04. The van der Waals surface area contributed by atoms with Gasteiger partial charge in [-0.05, 0) is 25.3 Å². The van der Waals surface area contributed by atoms with Crippen LogP contribution in [-0.2, 0) is 14.3 Å². The number of unbranched alkanes of at least 4 members (excludes halogenated alkanes) is 5. The molecular weight excluding hydrogens is 332 g/mol. The molecule has 146 valence electrons. The summed E-state index contributed by atoms with van der Waals surface area (Å²) in [6.45, 7) is 3.99. The summed E-state index contributed by atoms with van der Waals surface area (Å²) in [5, 5.41) is 20.9.